The Bertz CT molecular complexity index is 1480. The van der Waals surface area contributed by atoms with E-state index in [9.17, 15) is 35.2 Å². The van der Waals surface area contributed by atoms with Gasteiger partial charge >= 0.3 is 24.9 Å². The Kier molecular flexibility index (Phi) is 9.30. The Balaban J connectivity index is 0.000000714. The second-order valence-corrected chi connectivity index (χ2v) is 9.87. The number of rotatable bonds is 5. The summed E-state index contributed by atoms with van der Waals surface area (Å²) in [4.78, 5) is 21.0. The predicted octanol–water partition coefficient (Wildman–Crippen LogP) is 7.40. The molecule has 12 heteroatoms. The van der Waals surface area contributed by atoms with Gasteiger partial charge in [-0.3, -0.25) is 4.79 Å². The molecule has 1 N–H and O–H groups in total. The first-order valence-corrected chi connectivity index (χ1v) is 13.1. The van der Waals surface area contributed by atoms with Gasteiger partial charge in [-0.2, -0.15) is 13.2 Å². The Hall–Kier alpha value is -3.96. The average Bonchev–Trinajstić information content (AvgIpc) is 2.94. The molecule has 41 heavy (non-hydrogen) atoms. The van der Waals surface area contributed by atoms with E-state index in [1.807, 2.05) is 24.3 Å². The smallest absolute Gasteiger partial charge is 0.418 e. The fourth-order valence-corrected chi connectivity index (χ4v) is 5.16. The third-order valence-electron chi connectivity index (χ3n) is 7.02. The fraction of sp³-hybridized carbons (Fsp3) is 0.276. The molecule has 0 amide bonds. The van der Waals surface area contributed by atoms with Crippen LogP contribution in [-0.4, -0.2) is 17.2 Å². The van der Waals surface area contributed by atoms with Crippen molar-refractivity contribution in [3.05, 3.63) is 123 Å². The number of hydrogen-bond acceptors (Lipinski definition) is 2. The van der Waals surface area contributed by atoms with Crippen molar-refractivity contribution in [2.75, 3.05) is 0 Å². The van der Waals surface area contributed by atoms with Gasteiger partial charge < -0.3 is 17.3 Å². The Morgan fingerprint density at radius 2 is 1.41 bits per heavy atom. The van der Waals surface area contributed by atoms with E-state index in [1.54, 1.807) is 23.0 Å². The molecule has 1 saturated carbocycles. The quantitative estimate of drug-likeness (QED) is 0.153. The van der Waals surface area contributed by atoms with Crippen molar-refractivity contribution < 1.29 is 35.0 Å². The first-order chi connectivity index (χ1) is 19.4. The predicted molar refractivity (Wildman–Crippen MR) is 141 cm³/mol. The lowest BCUT2D eigenvalue weighted by molar-refractivity contribution is -0.603. The first-order valence-electron chi connectivity index (χ1n) is 13.1. The van der Waals surface area contributed by atoms with E-state index in [0.29, 0.717) is 28.7 Å². The van der Waals surface area contributed by atoms with E-state index < -0.39 is 19.0 Å². The zero-order valence-electron chi connectivity index (χ0n) is 21.8. The molecule has 4 nitrogen and oxygen atoms in total. The maximum atomic E-state index is 13.3. The number of benzene rings is 2. The number of H-pyrrole nitrogens is 1. The van der Waals surface area contributed by atoms with Gasteiger partial charge in [0.25, 0.3) is 0 Å². The molecule has 0 bridgehead atoms. The second kappa shape index (κ2) is 12.7. The number of pyridine rings is 1. The van der Waals surface area contributed by atoms with Crippen LogP contribution in [0.15, 0.2) is 90.0 Å². The van der Waals surface area contributed by atoms with Crippen LogP contribution in [0, 0.1) is 0 Å². The summed E-state index contributed by atoms with van der Waals surface area (Å²) in [5.74, 6) is 0.934. The number of aromatic nitrogens is 3. The Labute approximate surface area is 232 Å². The molecule has 4 aromatic rings. The number of hydrogen-bond donors (Lipinski definition) is 1. The van der Waals surface area contributed by atoms with Gasteiger partial charge in [-0.1, -0.05) is 59.6 Å². The van der Waals surface area contributed by atoms with Gasteiger partial charge in [0.15, 0.2) is 0 Å². The maximum Gasteiger partial charge on any atom is 0.673 e. The monoisotopic (exact) mass is 577 g/mol. The Morgan fingerprint density at radius 1 is 0.829 bits per heavy atom. The van der Waals surface area contributed by atoms with E-state index in [0.717, 1.165) is 37.8 Å². The molecule has 0 saturated heterocycles. The van der Waals surface area contributed by atoms with Gasteiger partial charge in [-0.25, -0.2) is 9.55 Å². The highest BCUT2D eigenvalue weighted by Gasteiger charge is 2.33. The topological polar surface area (TPSA) is 49.6 Å². The lowest BCUT2D eigenvalue weighted by Gasteiger charge is -2.28. The van der Waals surface area contributed by atoms with Gasteiger partial charge in [0, 0.05) is 12.3 Å². The van der Waals surface area contributed by atoms with E-state index in [-0.39, 0.29) is 17.9 Å². The average molecular weight is 577 g/mol. The summed E-state index contributed by atoms with van der Waals surface area (Å²) in [6, 6.07) is 21.2. The highest BCUT2D eigenvalue weighted by Crippen LogP contribution is 2.40. The van der Waals surface area contributed by atoms with Crippen molar-refractivity contribution in [1.29, 1.82) is 0 Å². The highest BCUT2D eigenvalue weighted by atomic mass is 19.5. The molecule has 1 fully saturated rings. The molecular formula is C29H27BF7N3O. The molecule has 2 aromatic heterocycles. The number of alkyl halides is 3. The van der Waals surface area contributed by atoms with Crippen LogP contribution in [0.1, 0.15) is 65.5 Å². The van der Waals surface area contributed by atoms with Crippen molar-refractivity contribution in [3.63, 3.8) is 0 Å². The zero-order valence-corrected chi connectivity index (χ0v) is 21.8. The molecule has 1 aliphatic rings. The van der Waals surface area contributed by atoms with Crippen LogP contribution in [0.4, 0.5) is 30.4 Å². The number of nitrogens with one attached hydrogen (secondary N) is 1. The molecule has 0 radical (unpaired) electrons. The SMILES string of the molecule is F[B-](F)(F)F.O=c1[nH]c(-[n+]2ccccc2)nc(C2CCC(c3ccccc3)CC2)c1Cc1cccc(C(F)(F)F)c1. The van der Waals surface area contributed by atoms with Crippen LogP contribution in [-0.2, 0) is 12.6 Å². The van der Waals surface area contributed by atoms with Gasteiger partial charge in [-0.05, 0) is 60.9 Å². The largest absolute Gasteiger partial charge is 0.673 e. The highest BCUT2D eigenvalue weighted by molar-refractivity contribution is 6.50. The van der Waals surface area contributed by atoms with Crippen molar-refractivity contribution in [1.82, 2.24) is 9.97 Å². The normalized spacial score (nSPS) is 17.4. The molecule has 216 valence electrons. The number of aromatic amines is 1. The molecule has 1 aliphatic carbocycles. The van der Waals surface area contributed by atoms with Crippen LogP contribution >= 0.6 is 0 Å². The standard InChI is InChI=1S/C29H26F3N3O.BF4/c30-29(31,32)24-11-7-8-20(18-24)19-25-26(33-28(34-27(25)36)35-16-5-2-6-17-35)23-14-12-22(13-15-23)21-9-3-1-4-10-21;2-1(3,4)5/h1-11,16-18,22-23H,12-15,19H2;/q;-1/p+1. The van der Waals surface area contributed by atoms with Crippen LogP contribution in [0.25, 0.3) is 5.95 Å². The minimum absolute atomic E-state index is 0.0659. The molecule has 2 heterocycles. The van der Waals surface area contributed by atoms with E-state index >= 15 is 0 Å². The first kappa shape index (κ1) is 30.0. The summed E-state index contributed by atoms with van der Waals surface area (Å²) < 4.78 is 80.6. The molecular weight excluding hydrogens is 550 g/mol. The van der Waals surface area contributed by atoms with Gasteiger partial charge in [0.2, 0.25) is 0 Å². The van der Waals surface area contributed by atoms with Crippen molar-refractivity contribution in [3.8, 4) is 5.95 Å². The second-order valence-electron chi connectivity index (χ2n) is 9.87. The lowest BCUT2D eigenvalue weighted by Crippen LogP contribution is -2.36. The molecule has 5 rings (SSSR count). The maximum absolute atomic E-state index is 13.3. The third-order valence-corrected chi connectivity index (χ3v) is 7.02. The molecule has 0 spiro atoms. The molecule has 0 unspecified atom stereocenters. The lowest BCUT2D eigenvalue weighted by atomic mass is 9.76. The van der Waals surface area contributed by atoms with E-state index in [2.05, 4.69) is 29.2 Å². The number of halogens is 7. The summed E-state index contributed by atoms with van der Waals surface area (Å²) in [6.45, 7) is 0. The fourth-order valence-electron chi connectivity index (χ4n) is 5.16. The van der Waals surface area contributed by atoms with Crippen LogP contribution in [0.3, 0.4) is 0 Å². The summed E-state index contributed by atoms with van der Waals surface area (Å²) in [5.41, 5.74) is 1.86. The van der Waals surface area contributed by atoms with Crippen LogP contribution < -0.4 is 10.1 Å². The summed E-state index contributed by atoms with van der Waals surface area (Å²) >= 11 is 0. The van der Waals surface area contributed by atoms with Crippen molar-refractivity contribution in [2.45, 2.75) is 50.1 Å². The van der Waals surface area contributed by atoms with E-state index in [1.165, 1.54) is 11.6 Å². The van der Waals surface area contributed by atoms with Gasteiger partial charge in [-0.15, -0.1) is 0 Å². The summed E-state index contributed by atoms with van der Waals surface area (Å²) in [7, 11) is -6.00. The van der Waals surface area contributed by atoms with Crippen molar-refractivity contribution >= 4 is 7.25 Å². The van der Waals surface area contributed by atoms with Crippen molar-refractivity contribution in [2.24, 2.45) is 0 Å². The number of nitrogens with zero attached hydrogens (tertiary/aromatic N) is 2. The third kappa shape index (κ3) is 8.52. The molecule has 2 aromatic carbocycles. The van der Waals surface area contributed by atoms with Crippen LogP contribution in [0.2, 0.25) is 0 Å². The molecule has 0 aliphatic heterocycles. The van der Waals surface area contributed by atoms with Crippen LogP contribution in [0.5, 0.6) is 0 Å². The molecule has 0 atom stereocenters. The van der Waals surface area contributed by atoms with E-state index in [4.69, 9.17) is 4.98 Å². The minimum atomic E-state index is -6.00. The van der Waals surface area contributed by atoms with Gasteiger partial charge in [0.05, 0.1) is 23.5 Å². The minimum Gasteiger partial charge on any atom is -0.418 e. The summed E-state index contributed by atoms with van der Waals surface area (Å²) in [5, 5.41) is 0. The summed E-state index contributed by atoms with van der Waals surface area (Å²) in [6.07, 6.45) is 2.95. The zero-order chi connectivity index (χ0) is 29.6. The van der Waals surface area contributed by atoms with Gasteiger partial charge in [0.1, 0.15) is 5.69 Å². The Morgan fingerprint density at radius 3 is 2.02 bits per heavy atom.